The number of pyridine rings is 1. The van der Waals surface area contributed by atoms with Gasteiger partial charge in [0.15, 0.2) is 0 Å². The number of nitrogens with one attached hydrogen (secondary N) is 1. The van der Waals surface area contributed by atoms with Crippen molar-refractivity contribution in [2.45, 2.75) is 26.2 Å². The zero-order valence-corrected chi connectivity index (χ0v) is 13.2. The minimum absolute atomic E-state index is 0.187. The molecule has 3 N–H and O–H groups in total. The molecule has 1 saturated heterocycles. The number of amides is 1. The number of likely N-dealkylation sites (tertiary alicyclic amines) is 1. The van der Waals surface area contributed by atoms with Gasteiger partial charge in [0, 0.05) is 6.54 Å². The quantitative estimate of drug-likeness (QED) is 0.646. The van der Waals surface area contributed by atoms with Gasteiger partial charge in [0.1, 0.15) is 5.15 Å². The van der Waals surface area contributed by atoms with E-state index in [0.29, 0.717) is 17.8 Å². The Hall–Kier alpha value is -1.33. The number of nitrogen functional groups attached to an aromatic ring is 1. The lowest BCUT2D eigenvalue weighted by Gasteiger charge is -2.30. The van der Waals surface area contributed by atoms with Crippen molar-refractivity contribution in [2.24, 2.45) is 5.92 Å². The van der Waals surface area contributed by atoms with Crippen molar-refractivity contribution >= 4 is 23.2 Å². The molecule has 0 saturated carbocycles. The number of hydrogen-bond donors (Lipinski definition) is 2. The maximum Gasteiger partial charge on any atom is 0.254 e. The van der Waals surface area contributed by atoms with Crippen LogP contribution in [-0.2, 0) is 0 Å². The summed E-state index contributed by atoms with van der Waals surface area (Å²) in [5.74, 6) is 0.631. The molecule has 1 amide bonds. The highest BCUT2D eigenvalue weighted by molar-refractivity contribution is 6.32. The highest BCUT2D eigenvalue weighted by Gasteiger charge is 2.15. The van der Waals surface area contributed by atoms with E-state index in [1.807, 2.05) is 0 Å². The van der Waals surface area contributed by atoms with Gasteiger partial charge in [0.2, 0.25) is 0 Å². The van der Waals surface area contributed by atoms with Crippen LogP contribution in [0.3, 0.4) is 0 Å². The molecule has 2 rings (SSSR count). The van der Waals surface area contributed by atoms with E-state index in [9.17, 15) is 4.79 Å². The number of carbonyl (C=O) groups is 1. The standard InChI is InChI=1S/C15H23ClN4O/c1-11-3-7-20(8-4-11)6-2-5-18-15(21)13-9-12(17)10-19-14(13)16/h9-11H,2-8,17H2,1H3,(H,18,21). The number of carbonyl (C=O) groups excluding carboxylic acids is 1. The first kappa shape index (κ1) is 16.0. The van der Waals surface area contributed by atoms with E-state index < -0.39 is 0 Å². The number of rotatable bonds is 5. The van der Waals surface area contributed by atoms with Gasteiger partial charge in [0.05, 0.1) is 17.4 Å². The maximum absolute atomic E-state index is 12.0. The Kier molecular flexibility index (Phi) is 5.82. The second-order valence-corrected chi connectivity index (χ2v) is 6.10. The molecule has 0 spiro atoms. The first-order chi connectivity index (χ1) is 10.1. The monoisotopic (exact) mass is 310 g/mol. The van der Waals surface area contributed by atoms with Crippen molar-refractivity contribution in [3.8, 4) is 0 Å². The average Bonchev–Trinajstić information content (AvgIpc) is 2.47. The second kappa shape index (κ2) is 7.61. The predicted octanol–water partition coefficient (Wildman–Crippen LogP) is 2.17. The Balaban J connectivity index is 1.71. The fourth-order valence-electron chi connectivity index (χ4n) is 2.51. The van der Waals surface area contributed by atoms with Crippen LogP contribution in [0.2, 0.25) is 5.15 Å². The number of anilines is 1. The Labute approximate surface area is 130 Å². The third kappa shape index (κ3) is 4.86. The molecular weight excluding hydrogens is 288 g/mol. The first-order valence-electron chi connectivity index (χ1n) is 7.48. The lowest BCUT2D eigenvalue weighted by Crippen LogP contribution is -2.35. The molecule has 1 fully saturated rings. The summed E-state index contributed by atoms with van der Waals surface area (Å²) in [6, 6.07) is 1.55. The van der Waals surface area contributed by atoms with Gasteiger partial charge in [-0.15, -0.1) is 0 Å². The molecule has 6 heteroatoms. The van der Waals surface area contributed by atoms with E-state index in [0.717, 1.165) is 18.9 Å². The molecule has 0 aliphatic carbocycles. The Morgan fingerprint density at radius 1 is 1.52 bits per heavy atom. The van der Waals surface area contributed by atoms with Crippen molar-refractivity contribution < 1.29 is 4.79 Å². The Morgan fingerprint density at radius 2 is 2.24 bits per heavy atom. The van der Waals surface area contributed by atoms with Crippen molar-refractivity contribution in [1.82, 2.24) is 15.2 Å². The van der Waals surface area contributed by atoms with Gasteiger partial charge in [-0.3, -0.25) is 4.79 Å². The first-order valence-corrected chi connectivity index (χ1v) is 7.85. The molecule has 21 heavy (non-hydrogen) atoms. The summed E-state index contributed by atoms with van der Waals surface area (Å²) in [5, 5.41) is 3.06. The van der Waals surface area contributed by atoms with Gasteiger partial charge in [0.25, 0.3) is 5.91 Å². The van der Waals surface area contributed by atoms with Gasteiger partial charge < -0.3 is 16.0 Å². The van der Waals surface area contributed by atoms with Crippen LogP contribution in [0.4, 0.5) is 5.69 Å². The summed E-state index contributed by atoms with van der Waals surface area (Å²) in [7, 11) is 0. The van der Waals surface area contributed by atoms with E-state index in [2.05, 4.69) is 22.1 Å². The molecule has 1 aliphatic rings. The van der Waals surface area contributed by atoms with Gasteiger partial charge in [-0.1, -0.05) is 18.5 Å². The van der Waals surface area contributed by atoms with Crippen LogP contribution in [0.5, 0.6) is 0 Å². The van der Waals surface area contributed by atoms with Crippen LogP contribution >= 0.6 is 11.6 Å². The lowest BCUT2D eigenvalue weighted by atomic mass is 9.99. The normalized spacial score (nSPS) is 16.9. The van der Waals surface area contributed by atoms with Crippen LogP contribution in [0, 0.1) is 5.92 Å². The molecule has 0 aromatic carbocycles. The summed E-state index contributed by atoms with van der Waals surface area (Å²) in [5.41, 5.74) is 6.39. The number of nitrogens with zero attached hydrogens (tertiary/aromatic N) is 2. The number of piperidine rings is 1. The van der Waals surface area contributed by atoms with Gasteiger partial charge >= 0.3 is 0 Å². The summed E-state index contributed by atoms with van der Waals surface area (Å²) in [4.78, 5) is 18.3. The number of nitrogens with two attached hydrogens (primary N) is 1. The fourth-order valence-corrected chi connectivity index (χ4v) is 2.70. The minimum atomic E-state index is -0.216. The van der Waals surface area contributed by atoms with E-state index in [-0.39, 0.29) is 11.1 Å². The summed E-state index contributed by atoms with van der Waals surface area (Å²) in [6.07, 6.45) is 4.93. The summed E-state index contributed by atoms with van der Waals surface area (Å²) < 4.78 is 0. The van der Waals surface area contributed by atoms with Gasteiger partial charge in [-0.25, -0.2) is 4.98 Å². The molecule has 1 aromatic rings. The highest BCUT2D eigenvalue weighted by Crippen LogP contribution is 2.16. The van der Waals surface area contributed by atoms with Crippen molar-refractivity contribution in [3.63, 3.8) is 0 Å². The van der Waals surface area contributed by atoms with Crippen LogP contribution in [-0.4, -0.2) is 42.0 Å². The molecule has 1 aromatic heterocycles. The third-order valence-corrected chi connectivity index (χ3v) is 4.22. The van der Waals surface area contributed by atoms with Crippen LogP contribution in [0.25, 0.3) is 0 Å². The average molecular weight is 311 g/mol. The number of halogens is 1. The highest BCUT2D eigenvalue weighted by atomic mass is 35.5. The Morgan fingerprint density at radius 3 is 2.95 bits per heavy atom. The molecule has 0 radical (unpaired) electrons. The van der Waals surface area contributed by atoms with Crippen molar-refractivity contribution in [3.05, 3.63) is 23.0 Å². The zero-order valence-electron chi connectivity index (χ0n) is 12.4. The van der Waals surface area contributed by atoms with Crippen molar-refractivity contribution in [2.75, 3.05) is 31.9 Å². The van der Waals surface area contributed by atoms with Crippen molar-refractivity contribution in [1.29, 1.82) is 0 Å². The van der Waals surface area contributed by atoms with Crippen LogP contribution in [0.15, 0.2) is 12.3 Å². The molecular formula is C15H23ClN4O. The SMILES string of the molecule is CC1CCN(CCCNC(=O)c2cc(N)cnc2Cl)CC1. The number of hydrogen-bond acceptors (Lipinski definition) is 4. The van der Waals surface area contributed by atoms with Crippen LogP contribution < -0.4 is 11.1 Å². The fraction of sp³-hybridized carbons (Fsp3) is 0.600. The molecule has 0 atom stereocenters. The molecule has 1 aliphatic heterocycles. The molecule has 5 nitrogen and oxygen atoms in total. The predicted molar refractivity (Wildman–Crippen MR) is 85.4 cm³/mol. The molecule has 2 heterocycles. The van der Waals surface area contributed by atoms with Crippen LogP contribution in [0.1, 0.15) is 36.5 Å². The van der Waals surface area contributed by atoms with Gasteiger partial charge in [-0.05, 0) is 50.9 Å². The summed E-state index contributed by atoms with van der Waals surface area (Å²) >= 11 is 5.90. The smallest absolute Gasteiger partial charge is 0.254 e. The van der Waals surface area contributed by atoms with E-state index in [1.54, 1.807) is 6.07 Å². The topological polar surface area (TPSA) is 71.2 Å². The van der Waals surface area contributed by atoms with E-state index in [1.165, 1.54) is 32.1 Å². The number of aromatic nitrogens is 1. The largest absolute Gasteiger partial charge is 0.397 e. The lowest BCUT2D eigenvalue weighted by molar-refractivity contribution is 0.0950. The zero-order chi connectivity index (χ0) is 15.2. The van der Waals surface area contributed by atoms with Gasteiger partial charge in [-0.2, -0.15) is 0 Å². The maximum atomic E-state index is 12.0. The molecule has 0 bridgehead atoms. The second-order valence-electron chi connectivity index (χ2n) is 5.74. The van der Waals surface area contributed by atoms with E-state index in [4.69, 9.17) is 17.3 Å². The third-order valence-electron chi connectivity index (χ3n) is 3.92. The molecule has 116 valence electrons. The minimum Gasteiger partial charge on any atom is -0.397 e. The van der Waals surface area contributed by atoms with E-state index >= 15 is 0 Å². The Bertz CT molecular complexity index is 487. The molecule has 0 unspecified atom stereocenters. The summed E-state index contributed by atoms with van der Waals surface area (Å²) in [6.45, 7) is 6.30.